The number of nitrogens with one attached hydrogen (secondary N) is 1. The van der Waals surface area contributed by atoms with E-state index in [-0.39, 0.29) is 11.8 Å². The van der Waals surface area contributed by atoms with Gasteiger partial charge in [0.2, 0.25) is 5.91 Å². The zero-order valence-corrected chi connectivity index (χ0v) is 11.4. The highest BCUT2D eigenvalue weighted by molar-refractivity contribution is 9.10. The fourth-order valence-corrected chi connectivity index (χ4v) is 1.69. The topological polar surface area (TPSA) is 38.3 Å². The second-order valence-corrected chi connectivity index (χ2v) is 4.80. The number of amides is 1. The summed E-state index contributed by atoms with van der Waals surface area (Å²) < 4.78 is 18.5. The molecule has 5 heteroatoms. The van der Waals surface area contributed by atoms with E-state index in [1.54, 1.807) is 19.2 Å². The minimum atomic E-state index is -0.396. The number of anilines is 1. The van der Waals surface area contributed by atoms with Gasteiger partial charge in [-0.2, -0.15) is 0 Å². The third-order valence-corrected chi connectivity index (χ3v) is 2.83. The SMILES string of the molecule is COCC(C)CC(=O)Nc1ccc(Br)c(F)c1. The van der Waals surface area contributed by atoms with Crippen LogP contribution in [0.4, 0.5) is 10.1 Å². The van der Waals surface area contributed by atoms with Gasteiger partial charge in [0.1, 0.15) is 5.82 Å². The van der Waals surface area contributed by atoms with Gasteiger partial charge in [0.25, 0.3) is 0 Å². The standard InChI is InChI=1S/C12H15BrFNO2/c1-8(7-17-2)5-12(16)15-9-3-4-10(13)11(14)6-9/h3-4,6,8H,5,7H2,1-2H3,(H,15,16). The van der Waals surface area contributed by atoms with Crippen LogP contribution in [0.5, 0.6) is 0 Å². The molecule has 0 aliphatic rings. The average Bonchev–Trinajstić information content (AvgIpc) is 2.23. The molecule has 3 nitrogen and oxygen atoms in total. The Hall–Kier alpha value is -0.940. The van der Waals surface area contributed by atoms with E-state index in [9.17, 15) is 9.18 Å². The van der Waals surface area contributed by atoms with Gasteiger partial charge in [-0.25, -0.2) is 4.39 Å². The van der Waals surface area contributed by atoms with Crippen LogP contribution in [0.15, 0.2) is 22.7 Å². The van der Waals surface area contributed by atoms with Gasteiger partial charge in [-0.05, 0) is 40.0 Å². The summed E-state index contributed by atoms with van der Waals surface area (Å²) in [5.41, 5.74) is 0.459. The molecule has 17 heavy (non-hydrogen) atoms. The number of carbonyl (C=O) groups excluding carboxylic acids is 1. The van der Waals surface area contributed by atoms with E-state index >= 15 is 0 Å². The summed E-state index contributed by atoms with van der Waals surface area (Å²) in [7, 11) is 1.60. The second-order valence-electron chi connectivity index (χ2n) is 3.94. The number of halogens is 2. The summed E-state index contributed by atoms with van der Waals surface area (Å²) >= 11 is 3.05. The predicted octanol–water partition coefficient (Wildman–Crippen LogP) is 3.20. The Bertz CT molecular complexity index is 398. The van der Waals surface area contributed by atoms with Crippen LogP contribution in [0.1, 0.15) is 13.3 Å². The van der Waals surface area contributed by atoms with Crippen molar-refractivity contribution in [1.29, 1.82) is 0 Å². The molecule has 1 aromatic carbocycles. The molecular formula is C12H15BrFNO2. The fraction of sp³-hybridized carbons (Fsp3) is 0.417. The summed E-state index contributed by atoms with van der Waals surface area (Å²) in [6.07, 6.45) is 0.353. The molecule has 1 aromatic rings. The van der Waals surface area contributed by atoms with Crippen LogP contribution in [0, 0.1) is 11.7 Å². The number of hydrogen-bond donors (Lipinski definition) is 1. The van der Waals surface area contributed by atoms with Crippen LogP contribution in [0.3, 0.4) is 0 Å². The molecule has 0 radical (unpaired) electrons. The summed E-state index contributed by atoms with van der Waals surface area (Å²) in [5.74, 6) is -0.399. The lowest BCUT2D eigenvalue weighted by Gasteiger charge is -2.10. The summed E-state index contributed by atoms with van der Waals surface area (Å²) in [6.45, 7) is 2.45. The molecule has 1 unspecified atom stereocenters. The molecule has 0 saturated heterocycles. The summed E-state index contributed by atoms with van der Waals surface area (Å²) in [4.78, 5) is 11.6. The third-order valence-electron chi connectivity index (χ3n) is 2.19. The van der Waals surface area contributed by atoms with E-state index in [4.69, 9.17) is 4.74 Å². The molecule has 1 N–H and O–H groups in total. The molecule has 0 heterocycles. The van der Waals surface area contributed by atoms with Gasteiger partial charge in [-0.1, -0.05) is 6.92 Å². The fourth-order valence-electron chi connectivity index (χ4n) is 1.45. The molecule has 0 aliphatic heterocycles. The molecule has 0 fully saturated rings. The molecule has 0 aromatic heterocycles. The zero-order chi connectivity index (χ0) is 12.8. The lowest BCUT2D eigenvalue weighted by molar-refractivity contribution is -0.117. The first-order chi connectivity index (χ1) is 8.02. The van der Waals surface area contributed by atoms with Gasteiger partial charge in [-0.15, -0.1) is 0 Å². The van der Waals surface area contributed by atoms with Crippen LogP contribution in [0.25, 0.3) is 0 Å². The van der Waals surface area contributed by atoms with Gasteiger partial charge < -0.3 is 10.1 Å². The first kappa shape index (κ1) is 14.1. The van der Waals surface area contributed by atoms with Crippen LogP contribution >= 0.6 is 15.9 Å². The van der Waals surface area contributed by atoms with Gasteiger partial charge in [-0.3, -0.25) is 4.79 Å². The van der Waals surface area contributed by atoms with E-state index in [1.165, 1.54) is 6.07 Å². The lowest BCUT2D eigenvalue weighted by Crippen LogP contribution is -2.17. The molecule has 1 amide bonds. The van der Waals surface area contributed by atoms with Crippen molar-refractivity contribution in [2.45, 2.75) is 13.3 Å². The third kappa shape index (κ3) is 4.83. The lowest BCUT2D eigenvalue weighted by atomic mass is 10.1. The average molecular weight is 304 g/mol. The molecular weight excluding hydrogens is 289 g/mol. The minimum Gasteiger partial charge on any atom is -0.384 e. The Morgan fingerprint density at radius 1 is 1.59 bits per heavy atom. The Morgan fingerprint density at radius 3 is 2.88 bits per heavy atom. The smallest absolute Gasteiger partial charge is 0.224 e. The first-order valence-corrected chi connectivity index (χ1v) is 6.06. The van der Waals surface area contributed by atoms with E-state index in [1.807, 2.05) is 6.92 Å². The van der Waals surface area contributed by atoms with Gasteiger partial charge >= 0.3 is 0 Å². The van der Waals surface area contributed by atoms with Crippen molar-refractivity contribution in [2.75, 3.05) is 19.0 Å². The maximum atomic E-state index is 13.2. The highest BCUT2D eigenvalue weighted by Crippen LogP contribution is 2.19. The quantitative estimate of drug-likeness (QED) is 0.907. The first-order valence-electron chi connectivity index (χ1n) is 5.26. The van der Waals surface area contributed by atoms with E-state index in [0.29, 0.717) is 23.2 Å². The summed E-state index contributed by atoms with van der Waals surface area (Å²) in [5, 5.41) is 2.64. The molecule has 1 atom stereocenters. The van der Waals surface area contributed by atoms with Crippen molar-refractivity contribution in [3.8, 4) is 0 Å². The highest BCUT2D eigenvalue weighted by atomic mass is 79.9. The molecule has 94 valence electrons. The zero-order valence-electron chi connectivity index (χ0n) is 9.80. The number of hydrogen-bond acceptors (Lipinski definition) is 2. The number of carbonyl (C=O) groups is 1. The molecule has 0 spiro atoms. The maximum absolute atomic E-state index is 13.2. The molecule has 0 bridgehead atoms. The largest absolute Gasteiger partial charge is 0.384 e. The van der Waals surface area contributed by atoms with E-state index in [2.05, 4.69) is 21.2 Å². The van der Waals surface area contributed by atoms with Crippen LogP contribution in [-0.2, 0) is 9.53 Å². The van der Waals surface area contributed by atoms with Crippen LogP contribution < -0.4 is 5.32 Å². The van der Waals surface area contributed by atoms with Crippen LogP contribution in [0.2, 0.25) is 0 Å². The van der Waals surface area contributed by atoms with Crippen molar-refractivity contribution in [3.05, 3.63) is 28.5 Å². The summed E-state index contributed by atoms with van der Waals surface area (Å²) in [6, 6.07) is 4.48. The Kier molecular flexibility index (Phi) is 5.58. The van der Waals surface area contributed by atoms with Gasteiger partial charge in [0, 0.05) is 25.8 Å². The monoisotopic (exact) mass is 303 g/mol. The second kappa shape index (κ2) is 6.71. The maximum Gasteiger partial charge on any atom is 0.224 e. The number of ether oxygens (including phenoxy) is 1. The van der Waals surface area contributed by atoms with Gasteiger partial charge in [0.15, 0.2) is 0 Å². The molecule has 0 aliphatic carbocycles. The van der Waals surface area contributed by atoms with Crippen molar-refractivity contribution in [1.82, 2.24) is 0 Å². The Balaban J connectivity index is 2.53. The van der Waals surface area contributed by atoms with Crippen molar-refractivity contribution in [3.63, 3.8) is 0 Å². The van der Waals surface area contributed by atoms with Crippen LogP contribution in [-0.4, -0.2) is 19.6 Å². The number of methoxy groups -OCH3 is 1. The van der Waals surface area contributed by atoms with Gasteiger partial charge in [0.05, 0.1) is 4.47 Å². The number of rotatable bonds is 5. The van der Waals surface area contributed by atoms with Crippen molar-refractivity contribution >= 4 is 27.5 Å². The Labute approximate surface area is 108 Å². The number of benzene rings is 1. The normalized spacial score (nSPS) is 12.2. The molecule has 0 saturated carbocycles. The van der Waals surface area contributed by atoms with Crippen molar-refractivity contribution in [2.24, 2.45) is 5.92 Å². The van der Waals surface area contributed by atoms with E-state index < -0.39 is 5.82 Å². The minimum absolute atomic E-state index is 0.139. The van der Waals surface area contributed by atoms with Crippen molar-refractivity contribution < 1.29 is 13.9 Å². The molecule has 1 rings (SSSR count). The Morgan fingerprint density at radius 2 is 2.29 bits per heavy atom. The predicted molar refractivity (Wildman–Crippen MR) is 68.4 cm³/mol. The highest BCUT2D eigenvalue weighted by Gasteiger charge is 2.10. The van der Waals surface area contributed by atoms with E-state index in [0.717, 1.165) is 0 Å².